The van der Waals surface area contributed by atoms with Gasteiger partial charge in [-0.1, -0.05) is 38.8 Å². The van der Waals surface area contributed by atoms with Crippen LogP contribution in [0.1, 0.15) is 66.6 Å². The van der Waals surface area contributed by atoms with E-state index >= 15 is 0 Å². The van der Waals surface area contributed by atoms with E-state index in [0.29, 0.717) is 12.3 Å². The number of nitrogens with one attached hydrogen (secondary N) is 1. The minimum atomic E-state index is -0.719. The second-order valence-corrected chi connectivity index (χ2v) is 8.33. The summed E-state index contributed by atoms with van der Waals surface area (Å²) < 4.78 is 10.8. The van der Waals surface area contributed by atoms with Crippen molar-refractivity contribution in [3.8, 4) is 17.0 Å². The molecule has 0 aliphatic heterocycles. The predicted molar refractivity (Wildman–Crippen MR) is 115 cm³/mol. The Balaban J connectivity index is 2.20. The first-order valence-corrected chi connectivity index (χ1v) is 10.5. The number of pyridine rings is 1. The third kappa shape index (κ3) is 3.93. The fourth-order valence-corrected chi connectivity index (χ4v) is 4.35. The number of aromatic amines is 1. The van der Waals surface area contributed by atoms with Gasteiger partial charge in [0, 0.05) is 5.56 Å². The van der Waals surface area contributed by atoms with Crippen LogP contribution in [0.3, 0.4) is 0 Å². The van der Waals surface area contributed by atoms with Crippen molar-refractivity contribution in [2.45, 2.75) is 52.9 Å². The van der Waals surface area contributed by atoms with Crippen LogP contribution in [-0.2, 0) is 11.2 Å². The average molecular weight is 418 g/mol. The molecule has 0 fully saturated rings. The standard InChI is InChI=1S/C23H28ClNO4/c1-6-7-8-29-17-11-14-10-15(12(2)3)18-20(24)19(23(27)28-5)22(26)25-21(18)16(14)9-13(17)4/h9,11-12,15H,6-8,10H2,1-5H3,(H,25,26). The number of carbonyl (C=O) groups excluding carboxylic acids is 1. The smallest absolute Gasteiger partial charge is 0.345 e. The van der Waals surface area contributed by atoms with E-state index in [1.807, 2.05) is 13.0 Å². The van der Waals surface area contributed by atoms with Gasteiger partial charge < -0.3 is 14.5 Å². The number of carbonyl (C=O) groups is 1. The van der Waals surface area contributed by atoms with Gasteiger partial charge in [0.1, 0.15) is 11.3 Å². The van der Waals surface area contributed by atoms with Crippen molar-refractivity contribution in [3.63, 3.8) is 0 Å². The summed E-state index contributed by atoms with van der Waals surface area (Å²) >= 11 is 6.62. The van der Waals surface area contributed by atoms with Crippen LogP contribution in [0.25, 0.3) is 11.3 Å². The quantitative estimate of drug-likeness (QED) is 0.513. The van der Waals surface area contributed by atoms with E-state index < -0.39 is 11.5 Å². The van der Waals surface area contributed by atoms with Gasteiger partial charge in [0.15, 0.2) is 0 Å². The van der Waals surface area contributed by atoms with Gasteiger partial charge in [0.05, 0.1) is 24.4 Å². The summed E-state index contributed by atoms with van der Waals surface area (Å²) in [6.45, 7) is 9.05. The van der Waals surface area contributed by atoms with E-state index in [1.165, 1.54) is 7.11 Å². The van der Waals surface area contributed by atoms with Crippen LogP contribution in [0.5, 0.6) is 5.75 Å². The highest BCUT2D eigenvalue weighted by Gasteiger charge is 2.34. The summed E-state index contributed by atoms with van der Waals surface area (Å²) in [6.07, 6.45) is 2.85. The zero-order chi connectivity index (χ0) is 21.3. The molecule has 3 rings (SSSR count). The monoisotopic (exact) mass is 417 g/mol. The third-order valence-electron chi connectivity index (χ3n) is 5.62. The van der Waals surface area contributed by atoms with Crippen LogP contribution < -0.4 is 10.3 Å². The van der Waals surface area contributed by atoms with Crippen LogP contribution in [0.2, 0.25) is 5.02 Å². The largest absolute Gasteiger partial charge is 0.493 e. The maximum atomic E-state index is 12.7. The van der Waals surface area contributed by atoms with Gasteiger partial charge >= 0.3 is 5.97 Å². The molecule has 1 unspecified atom stereocenters. The number of benzene rings is 1. The average Bonchev–Trinajstić information content (AvgIpc) is 2.67. The molecule has 2 aromatic rings. The van der Waals surface area contributed by atoms with Crippen LogP contribution in [0.15, 0.2) is 16.9 Å². The molecule has 1 aliphatic rings. The van der Waals surface area contributed by atoms with Gasteiger partial charge in [0.25, 0.3) is 5.56 Å². The molecule has 29 heavy (non-hydrogen) atoms. The van der Waals surface area contributed by atoms with Crippen molar-refractivity contribution >= 4 is 17.6 Å². The lowest BCUT2D eigenvalue weighted by molar-refractivity contribution is 0.0598. The van der Waals surface area contributed by atoms with Crippen molar-refractivity contribution in [3.05, 3.63) is 49.8 Å². The second-order valence-electron chi connectivity index (χ2n) is 7.95. The number of ether oxygens (including phenoxy) is 2. The number of unbranched alkanes of at least 4 members (excludes halogenated alkanes) is 1. The molecule has 1 aromatic carbocycles. The molecule has 156 valence electrons. The summed E-state index contributed by atoms with van der Waals surface area (Å²) in [6, 6.07) is 4.12. The zero-order valence-corrected chi connectivity index (χ0v) is 18.4. The van der Waals surface area contributed by atoms with Crippen molar-refractivity contribution in [1.29, 1.82) is 0 Å². The molecule has 6 heteroatoms. The van der Waals surface area contributed by atoms with Gasteiger partial charge in [0.2, 0.25) is 0 Å². The highest BCUT2D eigenvalue weighted by Crippen LogP contribution is 2.46. The van der Waals surface area contributed by atoms with Crippen molar-refractivity contribution < 1.29 is 14.3 Å². The number of methoxy groups -OCH3 is 1. The molecule has 1 aliphatic carbocycles. The number of rotatable bonds is 6. The van der Waals surface area contributed by atoms with Crippen molar-refractivity contribution in [2.75, 3.05) is 13.7 Å². The van der Waals surface area contributed by atoms with E-state index in [4.69, 9.17) is 21.1 Å². The third-order valence-corrected chi connectivity index (χ3v) is 6.01. The number of aryl methyl sites for hydroxylation is 1. The lowest BCUT2D eigenvalue weighted by Gasteiger charge is -2.32. The Labute approximate surface area is 176 Å². The molecule has 0 amide bonds. The lowest BCUT2D eigenvalue weighted by atomic mass is 9.75. The fraction of sp³-hybridized carbons (Fsp3) is 0.478. The van der Waals surface area contributed by atoms with E-state index in [9.17, 15) is 9.59 Å². The molecule has 0 saturated heterocycles. The highest BCUT2D eigenvalue weighted by molar-refractivity contribution is 6.34. The number of hydrogen-bond donors (Lipinski definition) is 1. The predicted octanol–water partition coefficient (Wildman–Crippen LogP) is 5.26. The van der Waals surface area contributed by atoms with Gasteiger partial charge in [-0.25, -0.2) is 4.79 Å². The first-order chi connectivity index (χ1) is 13.8. The summed E-state index contributed by atoms with van der Waals surface area (Å²) in [5, 5.41) is 0.195. The van der Waals surface area contributed by atoms with Crippen LogP contribution in [-0.4, -0.2) is 24.7 Å². The Morgan fingerprint density at radius 2 is 2.07 bits per heavy atom. The Morgan fingerprint density at radius 3 is 2.69 bits per heavy atom. The molecule has 0 bridgehead atoms. The van der Waals surface area contributed by atoms with Gasteiger partial charge in [-0.05, 0) is 60.4 Å². The Hall–Kier alpha value is -2.27. The topological polar surface area (TPSA) is 68.4 Å². The van der Waals surface area contributed by atoms with Crippen LogP contribution in [0.4, 0.5) is 0 Å². The number of esters is 1. The molecule has 1 heterocycles. The zero-order valence-electron chi connectivity index (χ0n) is 17.6. The van der Waals surface area contributed by atoms with E-state index in [1.54, 1.807) is 0 Å². The summed E-state index contributed by atoms with van der Waals surface area (Å²) in [4.78, 5) is 27.7. The maximum Gasteiger partial charge on any atom is 0.345 e. The van der Waals surface area contributed by atoms with Gasteiger partial charge in [-0.15, -0.1) is 0 Å². The molecule has 5 nitrogen and oxygen atoms in total. The van der Waals surface area contributed by atoms with Crippen LogP contribution >= 0.6 is 11.6 Å². The van der Waals surface area contributed by atoms with E-state index in [2.05, 4.69) is 31.8 Å². The van der Waals surface area contributed by atoms with Gasteiger partial charge in [-0.2, -0.15) is 0 Å². The van der Waals surface area contributed by atoms with E-state index in [0.717, 1.165) is 47.3 Å². The number of fused-ring (bicyclic) bond motifs is 3. The summed E-state index contributed by atoms with van der Waals surface area (Å²) in [7, 11) is 1.25. The first kappa shape index (κ1) is 21.4. The van der Waals surface area contributed by atoms with E-state index in [-0.39, 0.29) is 22.4 Å². The number of hydrogen-bond acceptors (Lipinski definition) is 4. The summed E-state index contributed by atoms with van der Waals surface area (Å²) in [5.74, 6) is 0.490. The molecular formula is C23H28ClNO4. The molecule has 1 aromatic heterocycles. The summed E-state index contributed by atoms with van der Waals surface area (Å²) in [5.41, 5.74) is 3.90. The van der Waals surface area contributed by atoms with Crippen molar-refractivity contribution in [1.82, 2.24) is 4.98 Å². The lowest BCUT2D eigenvalue weighted by Crippen LogP contribution is -2.26. The minimum Gasteiger partial charge on any atom is -0.493 e. The van der Waals surface area contributed by atoms with Crippen LogP contribution in [0, 0.1) is 12.8 Å². The normalized spacial score (nSPS) is 15.1. The molecule has 0 spiro atoms. The Bertz CT molecular complexity index is 993. The molecule has 0 radical (unpaired) electrons. The number of halogens is 1. The first-order valence-electron chi connectivity index (χ1n) is 10.1. The number of aromatic nitrogens is 1. The minimum absolute atomic E-state index is 0.0662. The Kier molecular flexibility index (Phi) is 6.37. The molecule has 0 saturated carbocycles. The second kappa shape index (κ2) is 8.62. The fourth-order valence-electron chi connectivity index (χ4n) is 3.95. The number of H-pyrrole nitrogens is 1. The van der Waals surface area contributed by atoms with Crippen molar-refractivity contribution in [2.24, 2.45) is 5.92 Å². The molecule has 1 N–H and O–H groups in total. The molecule has 1 atom stereocenters. The molecular weight excluding hydrogens is 390 g/mol. The van der Waals surface area contributed by atoms with Gasteiger partial charge in [-0.3, -0.25) is 4.79 Å². The SMILES string of the molecule is CCCCOc1cc2c(cc1C)-c1[nH]c(=O)c(C(=O)OC)c(Cl)c1C(C(C)C)C2. The Morgan fingerprint density at radius 1 is 1.34 bits per heavy atom. The maximum absolute atomic E-state index is 12.7. The highest BCUT2D eigenvalue weighted by atomic mass is 35.5.